The Balaban J connectivity index is 2.10. The molecule has 0 aliphatic heterocycles. The monoisotopic (exact) mass is 278 g/mol. The molecule has 0 saturated carbocycles. The molecule has 0 unspecified atom stereocenters. The smallest absolute Gasteiger partial charge is 0.335 e. The van der Waals surface area contributed by atoms with Crippen molar-refractivity contribution in [3.05, 3.63) is 47.0 Å². The number of rotatable bonds is 5. The van der Waals surface area contributed by atoms with Crippen molar-refractivity contribution in [1.29, 1.82) is 0 Å². The van der Waals surface area contributed by atoms with Crippen LogP contribution in [0.3, 0.4) is 0 Å². The molecule has 5 nitrogen and oxygen atoms in total. The van der Waals surface area contributed by atoms with Crippen LogP contribution in [0.2, 0.25) is 0 Å². The molecule has 0 bridgehead atoms. The van der Waals surface area contributed by atoms with Gasteiger partial charge in [0.15, 0.2) is 11.6 Å². The minimum absolute atomic E-state index is 0.0225. The third-order valence-electron chi connectivity index (χ3n) is 2.94. The van der Waals surface area contributed by atoms with E-state index in [0.29, 0.717) is 0 Å². The van der Waals surface area contributed by atoms with Gasteiger partial charge in [-0.15, -0.1) is 0 Å². The highest BCUT2D eigenvalue weighted by Gasteiger charge is 2.10. The molecule has 0 atom stereocenters. The van der Waals surface area contributed by atoms with Crippen molar-refractivity contribution in [3.8, 4) is 5.75 Å². The van der Waals surface area contributed by atoms with Crippen molar-refractivity contribution < 1.29 is 19.0 Å². The SMILES string of the molecule is CCc1cc(COc2ccc(C(=O)O)cc2F)n(C)n1. The van der Waals surface area contributed by atoms with Crippen LogP contribution in [0.1, 0.15) is 28.7 Å². The average Bonchev–Trinajstić information content (AvgIpc) is 2.78. The summed E-state index contributed by atoms with van der Waals surface area (Å²) in [5.74, 6) is -1.84. The zero-order chi connectivity index (χ0) is 14.7. The van der Waals surface area contributed by atoms with Gasteiger partial charge in [0, 0.05) is 7.05 Å². The van der Waals surface area contributed by atoms with Gasteiger partial charge in [0.2, 0.25) is 0 Å². The minimum Gasteiger partial charge on any atom is -0.484 e. The van der Waals surface area contributed by atoms with Gasteiger partial charge in [-0.3, -0.25) is 4.68 Å². The second-order valence-electron chi connectivity index (χ2n) is 4.34. The van der Waals surface area contributed by atoms with Crippen molar-refractivity contribution in [2.45, 2.75) is 20.0 Å². The van der Waals surface area contributed by atoms with Gasteiger partial charge in [-0.2, -0.15) is 5.10 Å². The maximum atomic E-state index is 13.7. The lowest BCUT2D eigenvalue weighted by atomic mass is 10.2. The standard InChI is InChI=1S/C14H15FN2O3/c1-3-10-7-11(17(2)16-10)8-20-13-5-4-9(14(18)19)6-12(13)15/h4-7H,3,8H2,1-2H3,(H,18,19). The number of halogens is 1. The molecule has 0 radical (unpaired) electrons. The Morgan fingerprint density at radius 3 is 2.75 bits per heavy atom. The van der Waals surface area contributed by atoms with Crippen molar-refractivity contribution in [1.82, 2.24) is 9.78 Å². The summed E-state index contributed by atoms with van der Waals surface area (Å²) in [4.78, 5) is 10.7. The zero-order valence-corrected chi connectivity index (χ0v) is 11.3. The van der Waals surface area contributed by atoms with E-state index in [9.17, 15) is 9.18 Å². The molecule has 2 rings (SSSR count). The molecular formula is C14H15FN2O3. The Hall–Kier alpha value is -2.37. The van der Waals surface area contributed by atoms with Gasteiger partial charge in [-0.25, -0.2) is 9.18 Å². The van der Waals surface area contributed by atoms with Crippen LogP contribution in [0.15, 0.2) is 24.3 Å². The molecule has 0 spiro atoms. The van der Waals surface area contributed by atoms with Gasteiger partial charge in [0.1, 0.15) is 6.61 Å². The summed E-state index contributed by atoms with van der Waals surface area (Å²) in [6.45, 7) is 2.17. The van der Waals surface area contributed by atoms with Gasteiger partial charge in [-0.05, 0) is 30.7 Å². The maximum Gasteiger partial charge on any atom is 0.335 e. The first-order chi connectivity index (χ1) is 9.51. The molecule has 1 heterocycles. The van der Waals surface area contributed by atoms with E-state index in [0.717, 1.165) is 23.9 Å². The van der Waals surface area contributed by atoms with E-state index in [1.54, 1.807) is 11.7 Å². The molecule has 0 amide bonds. The predicted molar refractivity (Wildman–Crippen MR) is 70.3 cm³/mol. The molecule has 0 aliphatic rings. The van der Waals surface area contributed by atoms with E-state index in [1.165, 1.54) is 12.1 Å². The van der Waals surface area contributed by atoms with E-state index in [1.807, 2.05) is 13.0 Å². The molecule has 0 aliphatic carbocycles. The minimum atomic E-state index is -1.17. The fourth-order valence-corrected chi connectivity index (χ4v) is 1.78. The number of hydrogen-bond acceptors (Lipinski definition) is 3. The fourth-order valence-electron chi connectivity index (χ4n) is 1.78. The normalized spacial score (nSPS) is 10.6. The number of carboxylic acids is 1. The summed E-state index contributed by atoms with van der Waals surface area (Å²) in [7, 11) is 1.79. The van der Waals surface area contributed by atoms with Gasteiger partial charge in [0.25, 0.3) is 0 Å². The fraction of sp³-hybridized carbons (Fsp3) is 0.286. The lowest BCUT2D eigenvalue weighted by Crippen LogP contribution is -2.05. The number of ether oxygens (including phenoxy) is 1. The molecule has 6 heteroatoms. The van der Waals surface area contributed by atoms with Crippen molar-refractivity contribution in [2.24, 2.45) is 7.05 Å². The number of benzene rings is 1. The number of aromatic carboxylic acids is 1. The second-order valence-corrected chi connectivity index (χ2v) is 4.34. The third-order valence-corrected chi connectivity index (χ3v) is 2.94. The zero-order valence-electron chi connectivity index (χ0n) is 11.3. The van der Waals surface area contributed by atoms with Crippen molar-refractivity contribution in [2.75, 3.05) is 0 Å². The highest BCUT2D eigenvalue weighted by molar-refractivity contribution is 5.87. The molecule has 1 N–H and O–H groups in total. The summed E-state index contributed by atoms with van der Waals surface area (Å²) in [6, 6.07) is 5.46. The number of aryl methyl sites for hydroxylation is 2. The van der Waals surface area contributed by atoms with Gasteiger partial charge < -0.3 is 9.84 Å². The number of aromatic nitrogens is 2. The summed E-state index contributed by atoms with van der Waals surface area (Å²) < 4.78 is 20.7. The molecule has 1 aromatic heterocycles. The molecule has 106 valence electrons. The summed E-state index contributed by atoms with van der Waals surface area (Å²) in [5, 5.41) is 13.0. The highest BCUT2D eigenvalue weighted by atomic mass is 19.1. The molecule has 0 saturated heterocycles. The number of carboxylic acid groups (broad SMARTS) is 1. The molecule has 1 aromatic carbocycles. The topological polar surface area (TPSA) is 64.3 Å². The van der Waals surface area contributed by atoms with Crippen LogP contribution in [-0.2, 0) is 20.1 Å². The first kappa shape index (κ1) is 14.0. The summed E-state index contributed by atoms with van der Waals surface area (Å²) in [6.07, 6.45) is 0.815. The van der Waals surface area contributed by atoms with Crippen LogP contribution >= 0.6 is 0 Å². The van der Waals surface area contributed by atoms with Crippen molar-refractivity contribution >= 4 is 5.97 Å². The highest BCUT2D eigenvalue weighted by Crippen LogP contribution is 2.20. The summed E-state index contributed by atoms with van der Waals surface area (Å²) in [5.41, 5.74) is 1.65. The molecular weight excluding hydrogens is 263 g/mol. The lowest BCUT2D eigenvalue weighted by molar-refractivity contribution is 0.0696. The number of nitrogens with zero attached hydrogens (tertiary/aromatic N) is 2. The maximum absolute atomic E-state index is 13.7. The largest absolute Gasteiger partial charge is 0.484 e. The van der Waals surface area contributed by atoms with Gasteiger partial charge >= 0.3 is 5.97 Å². The van der Waals surface area contributed by atoms with Crippen LogP contribution in [-0.4, -0.2) is 20.9 Å². The number of hydrogen-bond donors (Lipinski definition) is 1. The Labute approximate surface area is 115 Å². The van der Waals surface area contributed by atoms with Crippen LogP contribution in [0.4, 0.5) is 4.39 Å². The van der Waals surface area contributed by atoms with E-state index in [4.69, 9.17) is 9.84 Å². The van der Waals surface area contributed by atoms with Crippen LogP contribution in [0.25, 0.3) is 0 Å². The van der Waals surface area contributed by atoms with Crippen LogP contribution in [0.5, 0.6) is 5.75 Å². The Bertz CT molecular complexity index is 637. The molecule has 20 heavy (non-hydrogen) atoms. The first-order valence-electron chi connectivity index (χ1n) is 6.18. The average molecular weight is 278 g/mol. The number of carbonyl (C=O) groups is 1. The van der Waals surface area contributed by atoms with Gasteiger partial charge in [0.05, 0.1) is 17.0 Å². The summed E-state index contributed by atoms with van der Waals surface area (Å²) >= 11 is 0. The third kappa shape index (κ3) is 2.96. The van der Waals surface area contributed by atoms with E-state index >= 15 is 0 Å². The lowest BCUT2D eigenvalue weighted by Gasteiger charge is -2.07. The Kier molecular flexibility index (Phi) is 4.02. The van der Waals surface area contributed by atoms with Crippen molar-refractivity contribution in [3.63, 3.8) is 0 Å². The molecule has 0 fully saturated rings. The first-order valence-corrected chi connectivity index (χ1v) is 6.18. The van der Waals surface area contributed by atoms with E-state index in [2.05, 4.69) is 5.10 Å². The second kappa shape index (κ2) is 5.73. The Morgan fingerprint density at radius 1 is 1.45 bits per heavy atom. The predicted octanol–water partition coefficient (Wildman–Crippen LogP) is 2.40. The quantitative estimate of drug-likeness (QED) is 0.912. The van der Waals surface area contributed by atoms with Gasteiger partial charge in [-0.1, -0.05) is 6.92 Å². The molecule has 2 aromatic rings. The van der Waals surface area contributed by atoms with E-state index in [-0.39, 0.29) is 17.9 Å². The Morgan fingerprint density at radius 2 is 2.20 bits per heavy atom. The van der Waals surface area contributed by atoms with Crippen LogP contribution in [0, 0.1) is 5.82 Å². The van der Waals surface area contributed by atoms with Crippen LogP contribution < -0.4 is 4.74 Å². The van der Waals surface area contributed by atoms with E-state index < -0.39 is 11.8 Å².